The maximum absolute atomic E-state index is 4.22. The lowest BCUT2D eigenvalue weighted by molar-refractivity contribution is 0.655. The second kappa shape index (κ2) is 14.0. The highest BCUT2D eigenvalue weighted by atomic mass is 15.1. The van der Waals surface area contributed by atoms with E-state index < -0.39 is 5.54 Å². The number of hydrogen-bond donors (Lipinski definition) is 2. The zero-order chi connectivity index (χ0) is 37.5. The van der Waals surface area contributed by atoms with Crippen molar-refractivity contribution in [1.82, 2.24) is 0 Å². The van der Waals surface area contributed by atoms with Crippen molar-refractivity contribution in [2.45, 2.75) is 39.3 Å². The number of fused-ring (bicyclic) bond motifs is 3. The van der Waals surface area contributed by atoms with Gasteiger partial charge >= 0.3 is 0 Å². The minimum absolute atomic E-state index is 0.0489. The van der Waals surface area contributed by atoms with Crippen molar-refractivity contribution in [2.75, 3.05) is 15.5 Å². The van der Waals surface area contributed by atoms with E-state index >= 15 is 0 Å². The van der Waals surface area contributed by atoms with Gasteiger partial charge in [0.05, 0.1) is 11.7 Å². The molecule has 9 rings (SSSR count). The lowest BCUT2D eigenvalue weighted by atomic mass is 9.66. The molecule has 0 aliphatic heterocycles. The lowest BCUT2D eigenvalue weighted by Gasteiger charge is -2.46. The van der Waals surface area contributed by atoms with Gasteiger partial charge < -0.3 is 15.5 Å². The van der Waals surface area contributed by atoms with E-state index in [-0.39, 0.29) is 6.04 Å². The summed E-state index contributed by atoms with van der Waals surface area (Å²) in [6, 6.07) is 66.8. The molecule has 1 aliphatic rings. The molecular formula is C52H45N3. The highest BCUT2D eigenvalue weighted by Gasteiger charge is 2.46. The van der Waals surface area contributed by atoms with Crippen LogP contribution in [0, 0.1) is 27.7 Å². The highest BCUT2D eigenvalue weighted by Crippen LogP contribution is 2.53. The Kier molecular flexibility index (Phi) is 8.71. The van der Waals surface area contributed by atoms with E-state index in [4.69, 9.17) is 0 Å². The predicted molar refractivity (Wildman–Crippen MR) is 232 cm³/mol. The topological polar surface area (TPSA) is 27.3 Å². The van der Waals surface area contributed by atoms with Gasteiger partial charge in [-0.3, -0.25) is 0 Å². The molecule has 55 heavy (non-hydrogen) atoms. The van der Waals surface area contributed by atoms with Crippen LogP contribution in [0.15, 0.2) is 182 Å². The van der Waals surface area contributed by atoms with Crippen molar-refractivity contribution in [1.29, 1.82) is 0 Å². The molecule has 0 spiro atoms. The van der Waals surface area contributed by atoms with Gasteiger partial charge in [-0.2, -0.15) is 0 Å². The average molecular weight is 712 g/mol. The van der Waals surface area contributed by atoms with Crippen molar-refractivity contribution in [3.8, 4) is 0 Å². The molecule has 1 aliphatic carbocycles. The molecule has 3 heteroatoms. The minimum Gasteiger partial charge on any atom is -0.374 e. The Morgan fingerprint density at radius 3 is 1.36 bits per heavy atom. The fourth-order valence-electron chi connectivity index (χ4n) is 8.43. The maximum atomic E-state index is 4.22. The molecule has 8 aromatic rings. The Morgan fingerprint density at radius 1 is 0.400 bits per heavy atom. The van der Waals surface area contributed by atoms with Crippen LogP contribution in [0.3, 0.4) is 0 Å². The van der Waals surface area contributed by atoms with Gasteiger partial charge in [-0.1, -0.05) is 150 Å². The van der Waals surface area contributed by atoms with Gasteiger partial charge in [0.2, 0.25) is 0 Å². The molecule has 3 nitrogen and oxygen atoms in total. The summed E-state index contributed by atoms with van der Waals surface area (Å²) in [5.41, 5.74) is 15.9. The van der Waals surface area contributed by atoms with Crippen molar-refractivity contribution in [3.63, 3.8) is 0 Å². The second-order valence-electron chi connectivity index (χ2n) is 15.0. The first-order valence-corrected chi connectivity index (χ1v) is 19.2. The monoisotopic (exact) mass is 711 g/mol. The molecule has 0 heterocycles. The van der Waals surface area contributed by atoms with E-state index in [9.17, 15) is 0 Å². The van der Waals surface area contributed by atoms with E-state index in [1.54, 1.807) is 0 Å². The Bertz CT molecular complexity index is 2530. The number of benzene rings is 8. The van der Waals surface area contributed by atoms with Crippen molar-refractivity contribution in [2.24, 2.45) is 0 Å². The molecule has 2 N–H and O–H groups in total. The molecule has 0 amide bonds. The van der Waals surface area contributed by atoms with Crippen LogP contribution >= 0.6 is 0 Å². The normalized spacial score (nSPS) is 15.9. The molecule has 0 fully saturated rings. The van der Waals surface area contributed by atoms with Gasteiger partial charge in [0, 0.05) is 28.1 Å². The molecule has 0 bridgehead atoms. The number of hydrogen-bond acceptors (Lipinski definition) is 3. The van der Waals surface area contributed by atoms with Crippen LogP contribution in [-0.4, -0.2) is 0 Å². The Balaban J connectivity index is 1.32. The van der Waals surface area contributed by atoms with Crippen LogP contribution < -0.4 is 15.5 Å². The largest absolute Gasteiger partial charge is 0.374 e. The van der Waals surface area contributed by atoms with Gasteiger partial charge in [0.25, 0.3) is 0 Å². The first-order chi connectivity index (χ1) is 26.9. The Labute approximate surface area is 324 Å². The van der Waals surface area contributed by atoms with Crippen molar-refractivity contribution in [3.05, 3.63) is 232 Å². The highest BCUT2D eigenvalue weighted by molar-refractivity contribution is 6.02. The van der Waals surface area contributed by atoms with E-state index in [0.29, 0.717) is 0 Å². The summed E-state index contributed by atoms with van der Waals surface area (Å²) >= 11 is 0. The van der Waals surface area contributed by atoms with E-state index in [0.717, 1.165) is 28.4 Å². The predicted octanol–water partition coefficient (Wildman–Crippen LogP) is 13.5. The number of nitrogens with zero attached hydrogens (tertiary/aromatic N) is 1. The number of nitrogens with one attached hydrogen (secondary N) is 2. The molecule has 8 aromatic carbocycles. The van der Waals surface area contributed by atoms with Gasteiger partial charge in [0.1, 0.15) is 5.54 Å². The number of aryl methyl sites for hydroxylation is 4. The first kappa shape index (κ1) is 34.2. The minimum atomic E-state index is -0.732. The zero-order valence-corrected chi connectivity index (χ0v) is 31.8. The standard InChI is InChI=1S/C52H45N3/c1-35-17-25-39(26-18-35)53-51-45-13-7-9-15-47(45)52(48-16-10-8-14-46(48)51,54-40-27-19-36(2)20-28-40)49-33-34-50(44-12-6-5-11-43(44)49)55(41-29-21-37(3)22-30-41)42-31-23-38(4)24-32-42/h5-34,51,53-54H,1-4H3. The third-order valence-corrected chi connectivity index (χ3v) is 11.2. The second-order valence-corrected chi connectivity index (χ2v) is 15.0. The summed E-state index contributed by atoms with van der Waals surface area (Å²) in [4.78, 5) is 2.40. The summed E-state index contributed by atoms with van der Waals surface area (Å²) in [5, 5.41) is 10.5. The third-order valence-electron chi connectivity index (χ3n) is 11.2. The summed E-state index contributed by atoms with van der Waals surface area (Å²) in [5.74, 6) is 0. The third kappa shape index (κ3) is 6.12. The van der Waals surface area contributed by atoms with Crippen LogP contribution in [0.25, 0.3) is 10.8 Å². The van der Waals surface area contributed by atoms with Gasteiger partial charge in [-0.05, 0) is 115 Å². The van der Waals surface area contributed by atoms with E-state index in [2.05, 4.69) is 225 Å². The van der Waals surface area contributed by atoms with E-state index in [1.807, 2.05) is 0 Å². The summed E-state index contributed by atoms with van der Waals surface area (Å²) in [6.45, 7) is 8.57. The van der Waals surface area contributed by atoms with Gasteiger partial charge in [-0.25, -0.2) is 0 Å². The quantitative estimate of drug-likeness (QED) is 0.164. The Hall–Kier alpha value is -6.58. The molecule has 0 aromatic heterocycles. The fraction of sp³-hybridized carbons (Fsp3) is 0.115. The molecular weight excluding hydrogens is 667 g/mol. The van der Waals surface area contributed by atoms with Crippen LogP contribution in [0.1, 0.15) is 56.1 Å². The molecule has 0 unspecified atom stereocenters. The van der Waals surface area contributed by atoms with Crippen LogP contribution in [0.2, 0.25) is 0 Å². The molecule has 0 saturated heterocycles. The van der Waals surface area contributed by atoms with Crippen molar-refractivity contribution < 1.29 is 0 Å². The fourth-order valence-corrected chi connectivity index (χ4v) is 8.43. The molecule has 268 valence electrons. The number of rotatable bonds is 8. The molecule has 0 radical (unpaired) electrons. The van der Waals surface area contributed by atoms with Gasteiger partial charge in [0.15, 0.2) is 0 Å². The lowest BCUT2D eigenvalue weighted by Crippen LogP contribution is -2.44. The van der Waals surface area contributed by atoms with Crippen LogP contribution in [-0.2, 0) is 5.54 Å². The zero-order valence-electron chi connectivity index (χ0n) is 31.8. The SMILES string of the molecule is Cc1ccc(NC2c3ccccc3C(Nc3ccc(C)cc3)(c3ccc(N(c4ccc(C)cc4)c4ccc(C)cc4)c4ccccc34)c3ccccc32)cc1. The van der Waals surface area contributed by atoms with E-state index in [1.165, 1.54) is 60.8 Å². The van der Waals surface area contributed by atoms with Gasteiger partial charge in [-0.15, -0.1) is 0 Å². The summed E-state index contributed by atoms with van der Waals surface area (Å²) < 4.78 is 0. The number of anilines is 5. The average Bonchev–Trinajstić information content (AvgIpc) is 3.22. The van der Waals surface area contributed by atoms with Crippen LogP contribution in [0.4, 0.5) is 28.4 Å². The first-order valence-electron chi connectivity index (χ1n) is 19.2. The smallest absolute Gasteiger partial charge is 0.115 e. The molecule has 0 atom stereocenters. The summed E-state index contributed by atoms with van der Waals surface area (Å²) in [7, 11) is 0. The van der Waals surface area contributed by atoms with Crippen molar-refractivity contribution >= 4 is 39.2 Å². The Morgan fingerprint density at radius 2 is 0.836 bits per heavy atom. The molecule has 0 saturated carbocycles. The summed E-state index contributed by atoms with van der Waals surface area (Å²) in [6.07, 6.45) is 0. The van der Waals surface area contributed by atoms with Crippen LogP contribution in [0.5, 0.6) is 0 Å². The maximum Gasteiger partial charge on any atom is 0.115 e.